The standard InChI is InChI=1S/C24H21FN2O3S/c1-4-30-23(29)20-15(3)26-24-27(21(20)17-9-11-18(25)12-10-17)22(28)19(31-24)13-16-7-5-14(2)6-8-16/h5-13,21H,4H2,1-3H3/b19-13+. The van der Waals surface area contributed by atoms with Gasteiger partial charge in [0.1, 0.15) is 5.82 Å². The van der Waals surface area contributed by atoms with Gasteiger partial charge >= 0.3 is 5.97 Å². The molecule has 1 aliphatic rings. The molecule has 0 aliphatic carbocycles. The molecule has 5 nitrogen and oxygen atoms in total. The number of aryl methyl sites for hydroxylation is 1. The van der Waals surface area contributed by atoms with E-state index in [-0.39, 0.29) is 17.7 Å². The van der Waals surface area contributed by atoms with Crippen molar-refractivity contribution in [1.82, 2.24) is 4.57 Å². The summed E-state index contributed by atoms with van der Waals surface area (Å²) in [4.78, 5) is 31.2. The number of carbonyl (C=O) groups is 1. The van der Waals surface area contributed by atoms with Crippen LogP contribution < -0.4 is 14.9 Å². The van der Waals surface area contributed by atoms with Crippen LogP contribution in [-0.4, -0.2) is 17.1 Å². The number of benzene rings is 2. The second-order valence-electron chi connectivity index (χ2n) is 7.26. The summed E-state index contributed by atoms with van der Waals surface area (Å²) in [5.74, 6) is -0.931. The number of ether oxygens (including phenoxy) is 1. The van der Waals surface area contributed by atoms with Crippen LogP contribution in [0.5, 0.6) is 0 Å². The zero-order valence-electron chi connectivity index (χ0n) is 17.4. The van der Waals surface area contributed by atoms with Gasteiger partial charge in [-0.2, -0.15) is 0 Å². The van der Waals surface area contributed by atoms with Crippen LogP contribution in [0.3, 0.4) is 0 Å². The predicted octanol–water partition coefficient (Wildman–Crippen LogP) is 3.25. The molecule has 0 bridgehead atoms. The Balaban J connectivity index is 1.94. The number of esters is 1. The van der Waals surface area contributed by atoms with Crippen LogP contribution in [-0.2, 0) is 9.53 Å². The largest absolute Gasteiger partial charge is 0.463 e. The first-order valence-corrected chi connectivity index (χ1v) is 10.7. The lowest BCUT2D eigenvalue weighted by Gasteiger charge is -2.24. The van der Waals surface area contributed by atoms with Gasteiger partial charge in [-0.05, 0) is 50.1 Å². The number of allylic oxidation sites excluding steroid dienone is 1. The van der Waals surface area contributed by atoms with Gasteiger partial charge < -0.3 is 4.74 Å². The van der Waals surface area contributed by atoms with Gasteiger partial charge in [0.05, 0.1) is 28.5 Å². The highest BCUT2D eigenvalue weighted by Crippen LogP contribution is 2.30. The summed E-state index contributed by atoms with van der Waals surface area (Å²) in [5, 5.41) is 0. The van der Waals surface area contributed by atoms with Crippen LogP contribution in [0.4, 0.5) is 4.39 Å². The van der Waals surface area contributed by atoms with Crippen LogP contribution >= 0.6 is 11.3 Å². The first kappa shape index (κ1) is 20.9. The predicted molar refractivity (Wildman–Crippen MR) is 118 cm³/mol. The summed E-state index contributed by atoms with van der Waals surface area (Å²) in [6.07, 6.45) is 1.81. The van der Waals surface area contributed by atoms with E-state index >= 15 is 0 Å². The van der Waals surface area contributed by atoms with E-state index in [9.17, 15) is 14.0 Å². The van der Waals surface area contributed by atoms with E-state index in [2.05, 4.69) is 4.99 Å². The van der Waals surface area contributed by atoms with Gasteiger partial charge in [0.15, 0.2) is 4.80 Å². The highest BCUT2D eigenvalue weighted by atomic mass is 32.1. The zero-order valence-corrected chi connectivity index (χ0v) is 18.2. The van der Waals surface area contributed by atoms with Gasteiger partial charge in [-0.25, -0.2) is 14.2 Å². The third-order valence-corrected chi connectivity index (χ3v) is 6.06. The minimum absolute atomic E-state index is 0.198. The molecule has 0 fully saturated rings. The smallest absolute Gasteiger partial charge is 0.338 e. The van der Waals surface area contributed by atoms with E-state index in [1.54, 1.807) is 26.0 Å². The summed E-state index contributed by atoms with van der Waals surface area (Å²) in [5.41, 5.74) is 3.15. The molecule has 0 saturated carbocycles. The highest BCUT2D eigenvalue weighted by Gasteiger charge is 2.33. The Bertz CT molecular complexity index is 1350. The number of hydrogen-bond donors (Lipinski definition) is 0. The molecule has 31 heavy (non-hydrogen) atoms. The van der Waals surface area contributed by atoms with Gasteiger partial charge in [-0.3, -0.25) is 9.36 Å². The molecule has 0 spiro atoms. The summed E-state index contributed by atoms with van der Waals surface area (Å²) in [6, 6.07) is 12.9. The molecule has 2 aromatic carbocycles. The molecule has 0 N–H and O–H groups in total. The van der Waals surface area contributed by atoms with Crippen molar-refractivity contribution < 1.29 is 13.9 Å². The van der Waals surface area contributed by atoms with Gasteiger partial charge in [0.25, 0.3) is 5.56 Å². The van der Waals surface area contributed by atoms with E-state index in [4.69, 9.17) is 4.74 Å². The molecule has 4 rings (SSSR count). The molecule has 0 saturated heterocycles. The SMILES string of the molecule is CCOC(=O)C1=C(C)N=c2s/c(=C/c3ccc(C)cc3)c(=O)n2C1c1ccc(F)cc1. The lowest BCUT2D eigenvalue weighted by Crippen LogP contribution is -2.39. The molecule has 1 atom stereocenters. The molecule has 1 aromatic heterocycles. The van der Waals surface area contributed by atoms with Crippen LogP contribution in [0.15, 0.2) is 69.6 Å². The Hall–Kier alpha value is -3.32. The number of hydrogen-bond acceptors (Lipinski definition) is 5. The number of thiazole rings is 1. The Morgan fingerprint density at radius 2 is 1.84 bits per heavy atom. The highest BCUT2D eigenvalue weighted by molar-refractivity contribution is 7.07. The number of carbonyl (C=O) groups excluding carboxylic acids is 1. The molecule has 0 amide bonds. The van der Waals surface area contributed by atoms with Crippen LogP contribution in [0.1, 0.15) is 36.6 Å². The third-order valence-electron chi connectivity index (χ3n) is 5.08. The Morgan fingerprint density at radius 1 is 1.16 bits per heavy atom. The fourth-order valence-electron chi connectivity index (χ4n) is 3.57. The molecular formula is C24H21FN2O3S. The van der Waals surface area contributed by atoms with Crippen molar-refractivity contribution in [2.75, 3.05) is 6.61 Å². The molecule has 1 unspecified atom stereocenters. The quantitative estimate of drug-likeness (QED) is 0.590. The van der Waals surface area contributed by atoms with Gasteiger partial charge in [-0.1, -0.05) is 53.3 Å². The second-order valence-corrected chi connectivity index (χ2v) is 8.27. The number of nitrogens with zero attached hydrogens (tertiary/aromatic N) is 2. The third kappa shape index (κ3) is 4.01. The normalized spacial score (nSPS) is 16.1. The maximum absolute atomic E-state index is 13.6. The molecule has 3 aromatic rings. The van der Waals surface area contributed by atoms with E-state index in [1.807, 2.05) is 37.3 Å². The molecule has 158 valence electrons. The van der Waals surface area contributed by atoms with Crippen LogP contribution in [0.2, 0.25) is 0 Å². The van der Waals surface area contributed by atoms with Crippen molar-refractivity contribution in [3.8, 4) is 0 Å². The van der Waals surface area contributed by atoms with Crippen molar-refractivity contribution in [3.05, 3.63) is 102 Å². The van der Waals surface area contributed by atoms with Crippen molar-refractivity contribution in [2.24, 2.45) is 4.99 Å². The van der Waals surface area contributed by atoms with Gasteiger partial charge in [0.2, 0.25) is 0 Å². The summed E-state index contributed by atoms with van der Waals surface area (Å²) in [7, 11) is 0. The Kier molecular flexibility index (Phi) is 5.69. The Labute approximate surface area is 182 Å². The Morgan fingerprint density at radius 3 is 2.48 bits per heavy atom. The number of rotatable bonds is 4. The van der Waals surface area contributed by atoms with E-state index < -0.39 is 17.8 Å². The monoisotopic (exact) mass is 436 g/mol. The van der Waals surface area contributed by atoms with E-state index in [0.717, 1.165) is 11.1 Å². The maximum atomic E-state index is 13.6. The fourth-order valence-corrected chi connectivity index (χ4v) is 4.61. The van der Waals surface area contributed by atoms with E-state index in [1.165, 1.54) is 28.0 Å². The minimum Gasteiger partial charge on any atom is -0.463 e. The number of fused-ring (bicyclic) bond motifs is 1. The summed E-state index contributed by atoms with van der Waals surface area (Å²) in [6.45, 7) is 5.64. The molecule has 2 heterocycles. The first-order valence-electron chi connectivity index (χ1n) is 9.91. The average molecular weight is 437 g/mol. The summed E-state index contributed by atoms with van der Waals surface area (Å²) < 4.78 is 20.8. The topological polar surface area (TPSA) is 60.7 Å². The lowest BCUT2D eigenvalue weighted by molar-refractivity contribution is -0.139. The van der Waals surface area contributed by atoms with E-state index in [0.29, 0.717) is 20.6 Å². The van der Waals surface area contributed by atoms with Gasteiger partial charge in [0, 0.05) is 0 Å². The molecule has 0 radical (unpaired) electrons. The average Bonchev–Trinajstić information content (AvgIpc) is 3.04. The van der Waals surface area contributed by atoms with Crippen molar-refractivity contribution in [1.29, 1.82) is 0 Å². The van der Waals surface area contributed by atoms with Crippen molar-refractivity contribution >= 4 is 23.4 Å². The molecule has 7 heteroatoms. The number of aromatic nitrogens is 1. The van der Waals surface area contributed by atoms with Crippen molar-refractivity contribution in [3.63, 3.8) is 0 Å². The van der Waals surface area contributed by atoms with Crippen LogP contribution in [0.25, 0.3) is 6.08 Å². The van der Waals surface area contributed by atoms with Crippen molar-refractivity contribution in [2.45, 2.75) is 26.8 Å². The maximum Gasteiger partial charge on any atom is 0.338 e. The molecular weight excluding hydrogens is 415 g/mol. The first-order chi connectivity index (χ1) is 14.9. The minimum atomic E-state index is -0.740. The van der Waals surface area contributed by atoms with Gasteiger partial charge in [-0.15, -0.1) is 0 Å². The fraction of sp³-hybridized carbons (Fsp3) is 0.208. The zero-order chi connectivity index (χ0) is 22.1. The lowest BCUT2D eigenvalue weighted by atomic mass is 9.96. The van der Waals surface area contributed by atoms with Crippen LogP contribution in [0, 0.1) is 12.7 Å². The number of halogens is 1. The summed E-state index contributed by atoms with van der Waals surface area (Å²) >= 11 is 1.26. The molecule has 1 aliphatic heterocycles. The second kappa shape index (κ2) is 8.43.